The smallest absolute Gasteiger partial charge is 0.227 e. The van der Waals surface area contributed by atoms with Crippen LogP contribution in [0.3, 0.4) is 0 Å². The molecule has 6 nitrogen and oxygen atoms in total. The number of para-hydroxylation sites is 1. The highest BCUT2D eigenvalue weighted by Crippen LogP contribution is 2.28. The van der Waals surface area contributed by atoms with Gasteiger partial charge in [-0.05, 0) is 50.9 Å². The first kappa shape index (κ1) is 21.6. The predicted molar refractivity (Wildman–Crippen MR) is 121 cm³/mol. The zero-order chi connectivity index (χ0) is 20.6. The lowest BCUT2D eigenvalue weighted by molar-refractivity contribution is -0.118. The molecular formula is C23H37N5O. The Morgan fingerprint density at radius 3 is 2.76 bits per heavy atom. The first-order chi connectivity index (χ1) is 14.2. The predicted octanol–water partition coefficient (Wildman–Crippen LogP) is 2.74. The highest BCUT2D eigenvalue weighted by Gasteiger charge is 2.28. The average Bonchev–Trinajstić information content (AvgIpc) is 3.39. The fraction of sp³-hybridized carbons (Fsp3) is 0.652. The summed E-state index contributed by atoms with van der Waals surface area (Å²) in [6.45, 7) is 13.3. The zero-order valence-electron chi connectivity index (χ0n) is 18.4. The van der Waals surface area contributed by atoms with E-state index in [9.17, 15) is 4.79 Å². The molecule has 1 unspecified atom stereocenters. The molecule has 1 aromatic rings. The number of carbonyl (C=O) groups excluding carboxylic acids is 1. The maximum absolute atomic E-state index is 12.7. The number of carbonyl (C=O) groups is 1. The standard InChI is InChI=1S/C23H37N5O/c1-4-24-23(27-16-14-20(18-27)26(5-2)6-3)25-15-9-12-22(29)28-17-13-19-10-7-8-11-21(19)28/h7-8,10-11,20H,4-6,9,12-18H2,1-3H3,(H,24,25). The summed E-state index contributed by atoms with van der Waals surface area (Å²) < 4.78 is 0. The second-order valence-corrected chi connectivity index (χ2v) is 7.87. The Morgan fingerprint density at radius 2 is 2.00 bits per heavy atom. The van der Waals surface area contributed by atoms with Crippen LogP contribution < -0.4 is 10.2 Å². The van der Waals surface area contributed by atoms with Crippen molar-refractivity contribution in [1.82, 2.24) is 15.1 Å². The molecule has 0 saturated carbocycles. The van der Waals surface area contributed by atoms with Gasteiger partial charge in [-0.3, -0.25) is 14.7 Å². The number of anilines is 1. The van der Waals surface area contributed by atoms with Gasteiger partial charge in [0, 0.05) is 50.9 Å². The molecule has 6 heteroatoms. The highest BCUT2D eigenvalue weighted by atomic mass is 16.2. The van der Waals surface area contributed by atoms with Crippen molar-refractivity contribution in [2.75, 3.05) is 50.7 Å². The molecule has 1 atom stereocenters. The van der Waals surface area contributed by atoms with Crippen molar-refractivity contribution >= 4 is 17.6 Å². The van der Waals surface area contributed by atoms with Crippen molar-refractivity contribution in [2.45, 2.75) is 52.5 Å². The largest absolute Gasteiger partial charge is 0.357 e. The fourth-order valence-corrected chi connectivity index (χ4v) is 4.55. The molecular weight excluding hydrogens is 362 g/mol. The van der Waals surface area contributed by atoms with E-state index < -0.39 is 0 Å². The van der Waals surface area contributed by atoms with E-state index in [2.05, 4.69) is 48.0 Å². The second-order valence-electron chi connectivity index (χ2n) is 7.87. The topological polar surface area (TPSA) is 51.2 Å². The van der Waals surface area contributed by atoms with Crippen LogP contribution in [0.2, 0.25) is 0 Å². The molecule has 3 rings (SSSR count). The van der Waals surface area contributed by atoms with Gasteiger partial charge in [0.25, 0.3) is 0 Å². The van der Waals surface area contributed by atoms with Crippen LogP contribution in [0.4, 0.5) is 5.69 Å². The Kier molecular flexibility index (Phi) is 7.92. The number of hydrogen-bond donors (Lipinski definition) is 1. The van der Waals surface area contributed by atoms with E-state index in [-0.39, 0.29) is 5.91 Å². The number of likely N-dealkylation sites (N-methyl/N-ethyl adjacent to an activating group) is 1. The molecule has 0 spiro atoms. The highest BCUT2D eigenvalue weighted by molar-refractivity contribution is 5.95. The number of hydrogen-bond acceptors (Lipinski definition) is 3. The summed E-state index contributed by atoms with van der Waals surface area (Å²) >= 11 is 0. The molecule has 1 saturated heterocycles. The summed E-state index contributed by atoms with van der Waals surface area (Å²) in [4.78, 5) is 24.4. The van der Waals surface area contributed by atoms with E-state index >= 15 is 0 Å². The molecule has 0 radical (unpaired) electrons. The molecule has 0 bridgehead atoms. The minimum Gasteiger partial charge on any atom is -0.357 e. The van der Waals surface area contributed by atoms with Crippen LogP contribution in [0.15, 0.2) is 29.3 Å². The number of rotatable bonds is 8. The SMILES string of the molecule is CCNC(=NCCCC(=O)N1CCc2ccccc21)N1CCC(N(CC)CC)C1. The number of nitrogens with zero attached hydrogens (tertiary/aromatic N) is 4. The molecule has 1 fully saturated rings. The third kappa shape index (κ3) is 5.30. The number of fused-ring (bicyclic) bond motifs is 1. The van der Waals surface area contributed by atoms with Crippen LogP contribution in [0, 0.1) is 0 Å². The summed E-state index contributed by atoms with van der Waals surface area (Å²) in [5, 5.41) is 3.44. The normalized spacial score (nSPS) is 19.2. The molecule has 1 amide bonds. The monoisotopic (exact) mass is 399 g/mol. The Balaban J connectivity index is 1.49. The zero-order valence-corrected chi connectivity index (χ0v) is 18.4. The average molecular weight is 400 g/mol. The van der Waals surface area contributed by atoms with Crippen LogP contribution in [-0.2, 0) is 11.2 Å². The first-order valence-electron chi connectivity index (χ1n) is 11.3. The molecule has 2 aliphatic heterocycles. The van der Waals surface area contributed by atoms with Gasteiger partial charge in [0.1, 0.15) is 0 Å². The molecule has 1 N–H and O–H groups in total. The van der Waals surface area contributed by atoms with Crippen molar-refractivity contribution in [3.05, 3.63) is 29.8 Å². The molecule has 29 heavy (non-hydrogen) atoms. The Labute approximate surface area is 176 Å². The van der Waals surface area contributed by atoms with Crippen LogP contribution in [-0.4, -0.2) is 73.5 Å². The van der Waals surface area contributed by atoms with Crippen LogP contribution in [0.5, 0.6) is 0 Å². The van der Waals surface area contributed by atoms with Crippen LogP contribution in [0.1, 0.15) is 45.6 Å². The minimum absolute atomic E-state index is 0.220. The maximum atomic E-state index is 12.7. The number of nitrogens with one attached hydrogen (secondary N) is 1. The van der Waals surface area contributed by atoms with Crippen LogP contribution in [0.25, 0.3) is 0 Å². The molecule has 0 aromatic heterocycles. The van der Waals surface area contributed by atoms with E-state index in [1.54, 1.807) is 0 Å². The molecule has 160 valence electrons. The van der Waals surface area contributed by atoms with E-state index in [4.69, 9.17) is 4.99 Å². The number of benzene rings is 1. The lowest BCUT2D eigenvalue weighted by Gasteiger charge is -2.27. The Morgan fingerprint density at radius 1 is 1.21 bits per heavy atom. The van der Waals surface area contributed by atoms with E-state index in [0.717, 1.165) is 63.8 Å². The first-order valence-corrected chi connectivity index (χ1v) is 11.3. The van der Waals surface area contributed by atoms with Gasteiger partial charge in [-0.1, -0.05) is 32.0 Å². The van der Waals surface area contributed by atoms with E-state index in [0.29, 0.717) is 19.0 Å². The quantitative estimate of drug-likeness (QED) is 0.415. The maximum Gasteiger partial charge on any atom is 0.227 e. The summed E-state index contributed by atoms with van der Waals surface area (Å²) in [6, 6.07) is 8.86. The van der Waals surface area contributed by atoms with Crippen molar-refractivity contribution < 1.29 is 4.79 Å². The summed E-state index contributed by atoms with van der Waals surface area (Å²) in [6.07, 6.45) is 3.51. The molecule has 0 aliphatic carbocycles. The van der Waals surface area contributed by atoms with E-state index in [1.807, 2.05) is 17.0 Å². The van der Waals surface area contributed by atoms with Crippen molar-refractivity contribution in [3.63, 3.8) is 0 Å². The van der Waals surface area contributed by atoms with Gasteiger partial charge in [-0.15, -0.1) is 0 Å². The fourth-order valence-electron chi connectivity index (χ4n) is 4.55. The Bertz CT molecular complexity index is 700. The molecule has 2 heterocycles. The molecule has 2 aliphatic rings. The van der Waals surface area contributed by atoms with Crippen molar-refractivity contribution in [3.8, 4) is 0 Å². The Hall–Kier alpha value is -2.08. The number of likely N-dealkylation sites (tertiary alicyclic amines) is 1. The van der Waals surface area contributed by atoms with Gasteiger partial charge in [-0.2, -0.15) is 0 Å². The number of guanidine groups is 1. The van der Waals surface area contributed by atoms with Gasteiger partial charge in [0.15, 0.2) is 5.96 Å². The number of amides is 1. The lowest BCUT2D eigenvalue weighted by Crippen LogP contribution is -2.43. The van der Waals surface area contributed by atoms with Gasteiger partial charge in [0.2, 0.25) is 5.91 Å². The molecule has 1 aromatic carbocycles. The van der Waals surface area contributed by atoms with Gasteiger partial charge in [0.05, 0.1) is 0 Å². The van der Waals surface area contributed by atoms with Gasteiger partial charge >= 0.3 is 0 Å². The van der Waals surface area contributed by atoms with Crippen LogP contribution >= 0.6 is 0 Å². The number of aliphatic imine (C=N–C) groups is 1. The summed E-state index contributed by atoms with van der Waals surface area (Å²) in [5.74, 6) is 1.22. The van der Waals surface area contributed by atoms with E-state index in [1.165, 1.54) is 12.0 Å². The lowest BCUT2D eigenvalue weighted by atomic mass is 10.2. The van der Waals surface area contributed by atoms with Crippen molar-refractivity contribution in [2.24, 2.45) is 4.99 Å². The summed E-state index contributed by atoms with van der Waals surface area (Å²) in [7, 11) is 0. The van der Waals surface area contributed by atoms with Gasteiger partial charge < -0.3 is 15.1 Å². The third-order valence-electron chi connectivity index (χ3n) is 6.13. The second kappa shape index (κ2) is 10.6. The van der Waals surface area contributed by atoms with Gasteiger partial charge in [-0.25, -0.2) is 0 Å². The third-order valence-corrected chi connectivity index (χ3v) is 6.13. The van der Waals surface area contributed by atoms with Crippen molar-refractivity contribution in [1.29, 1.82) is 0 Å². The summed E-state index contributed by atoms with van der Waals surface area (Å²) in [5.41, 5.74) is 2.37. The minimum atomic E-state index is 0.220.